The van der Waals surface area contributed by atoms with E-state index in [-0.39, 0.29) is 13.0 Å². The zero-order valence-electron chi connectivity index (χ0n) is 26.4. The van der Waals surface area contributed by atoms with E-state index in [4.69, 9.17) is 21.4 Å². The Labute approximate surface area is 276 Å². The lowest BCUT2D eigenvalue weighted by Crippen LogP contribution is -2.47. The van der Waals surface area contributed by atoms with Crippen LogP contribution in [-0.2, 0) is 16.0 Å². The third kappa shape index (κ3) is 9.25. The Bertz CT molecular complexity index is 1580. The van der Waals surface area contributed by atoms with Crippen LogP contribution in [0, 0.1) is 13.8 Å². The van der Waals surface area contributed by atoms with Crippen LogP contribution in [0.1, 0.15) is 47.4 Å². The number of carbonyl (C=O) groups excluding carboxylic acids is 2. The molecule has 1 saturated heterocycles. The summed E-state index contributed by atoms with van der Waals surface area (Å²) < 4.78 is 5.48. The summed E-state index contributed by atoms with van der Waals surface area (Å²) in [6.45, 7) is 12.4. The average Bonchev–Trinajstić information content (AvgIpc) is 3.45. The minimum absolute atomic E-state index is 0.140. The molecule has 2 amide bonds. The van der Waals surface area contributed by atoms with Crippen LogP contribution in [0.3, 0.4) is 0 Å². The number of hydrogen-bond acceptors (Lipinski definition) is 12. The number of carbonyl (C=O) groups is 3. The van der Waals surface area contributed by atoms with Gasteiger partial charge in [-0.25, -0.2) is 19.7 Å². The largest absolute Gasteiger partial charge is 0.480 e. The quantitative estimate of drug-likeness (QED) is 0.188. The monoisotopic (exact) mass is 674 g/mol. The van der Waals surface area contributed by atoms with Crippen molar-refractivity contribution < 1.29 is 29.3 Å². The van der Waals surface area contributed by atoms with Gasteiger partial charge in [-0.2, -0.15) is 0 Å². The SMILES string of the molecule is Cc1nc(Nc2ncc(C(=O)Nc3c(Cl)ccc(CC(C)(C)OC(=O)NC(C)C(=O)O)c3C)s2)cc(N2CCN(CCO)CC2)n1. The topological polar surface area (TPSA) is 182 Å². The number of anilines is 4. The van der Waals surface area contributed by atoms with Gasteiger partial charge in [0.2, 0.25) is 0 Å². The number of aryl methyl sites for hydroxylation is 1. The standard InChI is InChI=1S/C30H39ClN8O6S/c1-17-20(15-30(4,5)45-29(44)33-18(2)27(42)43)6-7-21(31)25(17)37-26(41)22-16-32-28(46-22)36-23-14-24(35-19(3)34-23)39-10-8-38(9-11-39)12-13-40/h6-7,14,16,18,40H,8-13,15H2,1-5H3,(H,33,44)(H,37,41)(H,42,43)(H,32,34,35,36). The van der Waals surface area contributed by atoms with Gasteiger partial charge in [-0.1, -0.05) is 29.0 Å². The van der Waals surface area contributed by atoms with Crippen LogP contribution in [0.15, 0.2) is 24.4 Å². The fraction of sp³-hybridized carbons (Fsp3) is 0.467. The molecule has 1 unspecified atom stereocenters. The number of nitrogens with one attached hydrogen (secondary N) is 3. The summed E-state index contributed by atoms with van der Waals surface area (Å²) in [5.74, 6) is 0.379. The number of aromatic nitrogens is 3. The van der Waals surface area contributed by atoms with Gasteiger partial charge >= 0.3 is 12.1 Å². The summed E-state index contributed by atoms with van der Waals surface area (Å²) in [6, 6.07) is 4.20. The van der Waals surface area contributed by atoms with Gasteiger partial charge < -0.3 is 35.8 Å². The molecule has 1 atom stereocenters. The number of carboxylic acids is 1. The van der Waals surface area contributed by atoms with E-state index in [0.29, 0.717) is 44.5 Å². The van der Waals surface area contributed by atoms with E-state index in [1.807, 2.05) is 13.0 Å². The second-order valence-corrected chi connectivity index (χ2v) is 13.0. The van der Waals surface area contributed by atoms with Crippen LogP contribution in [0.4, 0.5) is 27.2 Å². The minimum atomic E-state index is -1.17. The minimum Gasteiger partial charge on any atom is -0.480 e. The van der Waals surface area contributed by atoms with Crippen molar-refractivity contribution in [3.8, 4) is 0 Å². The summed E-state index contributed by atoms with van der Waals surface area (Å²) >= 11 is 7.64. The number of thiazole rings is 1. The van der Waals surface area contributed by atoms with Crippen LogP contribution in [0.5, 0.6) is 0 Å². The highest BCUT2D eigenvalue weighted by Crippen LogP contribution is 2.32. The summed E-state index contributed by atoms with van der Waals surface area (Å²) in [4.78, 5) is 54.7. The molecule has 0 bridgehead atoms. The second-order valence-electron chi connectivity index (χ2n) is 11.6. The van der Waals surface area contributed by atoms with Crippen molar-refractivity contribution in [1.29, 1.82) is 0 Å². The molecule has 1 fully saturated rings. The number of ether oxygens (including phenoxy) is 1. The Kier molecular flexibility index (Phi) is 11.4. The molecule has 16 heteroatoms. The number of nitrogens with zero attached hydrogens (tertiary/aromatic N) is 5. The number of carboxylic acid groups (broad SMARTS) is 1. The van der Waals surface area contributed by atoms with Crippen molar-refractivity contribution in [1.82, 2.24) is 25.2 Å². The van der Waals surface area contributed by atoms with Gasteiger partial charge in [-0.05, 0) is 51.8 Å². The van der Waals surface area contributed by atoms with Crippen molar-refractivity contribution >= 4 is 63.4 Å². The number of rotatable bonds is 12. The summed E-state index contributed by atoms with van der Waals surface area (Å²) in [5, 5.41) is 27.4. The Morgan fingerprint density at radius 1 is 1.15 bits per heavy atom. The molecule has 1 aliphatic rings. The van der Waals surface area contributed by atoms with Gasteiger partial charge in [-0.15, -0.1) is 0 Å². The Hall–Kier alpha value is -4.05. The summed E-state index contributed by atoms with van der Waals surface area (Å²) in [5.41, 5.74) is 0.900. The highest BCUT2D eigenvalue weighted by molar-refractivity contribution is 7.17. The molecule has 0 saturated carbocycles. The van der Waals surface area contributed by atoms with Crippen LogP contribution < -0.4 is 20.9 Å². The molecule has 46 heavy (non-hydrogen) atoms. The van der Waals surface area contributed by atoms with Crippen molar-refractivity contribution in [2.75, 3.05) is 54.9 Å². The van der Waals surface area contributed by atoms with E-state index in [1.54, 1.807) is 32.9 Å². The number of alkyl carbamates (subject to hydrolysis) is 1. The maximum atomic E-state index is 13.3. The highest BCUT2D eigenvalue weighted by Gasteiger charge is 2.27. The average molecular weight is 675 g/mol. The molecular formula is C30H39ClN8O6S. The number of aliphatic hydroxyl groups is 1. The molecule has 3 aromatic rings. The third-order valence-corrected chi connectivity index (χ3v) is 8.58. The maximum Gasteiger partial charge on any atom is 0.408 e. The molecule has 1 aromatic carbocycles. The molecule has 4 rings (SSSR count). The van der Waals surface area contributed by atoms with Crippen LogP contribution in [-0.4, -0.2) is 99.0 Å². The molecule has 14 nitrogen and oxygen atoms in total. The number of hydrogen-bond donors (Lipinski definition) is 5. The lowest BCUT2D eigenvalue weighted by atomic mass is 9.94. The number of β-amino-alcohol motifs (C(OH)–C–C–N with tert-alkyl or cyclic N) is 1. The Morgan fingerprint density at radius 2 is 1.87 bits per heavy atom. The van der Waals surface area contributed by atoms with E-state index in [1.165, 1.54) is 13.1 Å². The molecule has 0 spiro atoms. The van der Waals surface area contributed by atoms with Gasteiger partial charge in [0.05, 0.1) is 23.5 Å². The molecule has 0 aliphatic carbocycles. The van der Waals surface area contributed by atoms with E-state index < -0.39 is 29.6 Å². The van der Waals surface area contributed by atoms with Gasteiger partial charge in [0, 0.05) is 45.2 Å². The first kappa shape index (κ1) is 34.8. The van der Waals surface area contributed by atoms with Crippen molar-refractivity contribution in [3.05, 3.63) is 51.2 Å². The smallest absolute Gasteiger partial charge is 0.408 e. The zero-order chi connectivity index (χ0) is 33.6. The predicted molar refractivity (Wildman–Crippen MR) is 177 cm³/mol. The molecule has 2 aromatic heterocycles. The Balaban J connectivity index is 1.41. The molecule has 0 radical (unpaired) electrons. The first-order valence-electron chi connectivity index (χ1n) is 14.7. The zero-order valence-corrected chi connectivity index (χ0v) is 28.0. The summed E-state index contributed by atoms with van der Waals surface area (Å²) in [6.07, 6.45) is 0.902. The van der Waals surface area contributed by atoms with E-state index >= 15 is 0 Å². The number of benzene rings is 1. The number of halogens is 1. The van der Waals surface area contributed by atoms with Crippen LogP contribution in [0.25, 0.3) is 0 Å². The van der Waals surface area contributed by atoms with Gasteiger partial charge in [0.1, 0.15) is 34.0 Å². The van der Waals surface area contributed by atoms with Gasteiger partial charge in [-0.3, -0.25) is 14.5 Å². The summed E-state index contributed by atoms with van der Waals surface area (Å²) in [7, 11) is 0. The number of amides is 2. The first-order chi connectivity index (χ1) is 21.7. The van der Waals surface area contributed by atoms with Crippen LogP contribution >= 0.6 is 22.9 Å². The van der Waals surface area contributed by atoms with E-state index in [0.717, 1.165) is 48.9 Å². The highest BCUT2D eigenvalue weighted by atomic mass is 35.5. The van der Waals surface area contributed by atoms with Crippen molar-refractivity contribution in [2.45, 2.75) is 52.7 Å². The van der Waals surface area contributed by atoms with Crippen LogP contribution in [0.2, 0.25) is 5.02 Å². The first-order valence-corrected chi connectivity index (χ1v) is 15.9. The van der Waals surface area contributed by atoms with Gasteiger partial charge in [0.25, 0.3) is 5.91 Å². The Morgan fingerprint density at radius 3 is 2.54 bits per heavy atom. The fourth-order valence-electron chi connectivity index (χ4n) is 4.92. The lowest BCUT2D eigenvalue weighted by molar-refractivity contribution is -0.139. The second kappa shape index (κ2) is 15.0. The molecule has 3 heterocycles. The maximum absolute atomic E-state index is 13.3. The van der Waals surface area contributed by atoms with E-state index in [2.05, 4.69) is 40.7 Å². The molecular weight excluding hydrogens is 636 g/mol. The lowest BCUT2D eigenvalue weighted by Gasteiger charge is -2.35. The predicted octanol–water partition coefficient (Wildman–Crippen LogP) is 3.83. The molecule has 248 valence electrons. The number of aliphatic hydroxyl groups excluding tert-OH is 1. The van der Waals surface area contributed by atoms with Crippen molar-refractivity contribution in [3.63, 3.8) is 0 Å². The van der Waals surface area contributed by atoms with E-state index in [9.17, 15) is 19.5 Å². The van der Waals surface area contributed by atoms with Crippen molar-refractivity contribution in [2.24, 2.45) is 0 Å². The third-order valence-electron chi connectivity index (χ3n) is 7.36. The normalized spacial score (nSPS) is 14.5. The number of aliphatic carboxylic acids is 1. The van der Waals surface area contributed by atoms with Gasteiger partial charge in [0.15, 0.2) is 5.13 Å². The fourth-order valence-corrected chi connectivity index (χ4v) is 5.89. The molecule has 5 N–H and O–H groups in total. The number of piperazine rings is 1. The molecule has 1 aliphatic heterocycles.